The van der Waals surface area contributed by atoms with Crippen molar-refractivity contribution in [1.29, 1.82) is 0 Å². The number of methoxy groups -OCH3 is 1. The Balaban J connectivity index is 1.66. The van der Waals surface area contributed by atoms with Gasteiger partial charge in [0.1, 0.15) is 5.75 Å². The van der Waals surface area contributed by atoms with Crippen molar-refractivity contribution in [3.05, 3.63) is 68.7 Å². The van der Waals surface area contributed by atoms with Crippen LogP contribution in [0.2, 0.25) is 0 Å². The van der Waals surface area contributed by atoms with Crippen LogP contribution in [0.15, 0.2) is 51.7 Å². The van der Waals surface area contributed by atoms with Crippen molar-refractivity contribution >= 4 is 22.7 Å². The summed E-state index contributed by atoms with van der Waals surface area (Å²) in [6.45, 7) is 2.20. The Kier molecular flexibility index (Phi) is 6.20. The summed E-state index contributed by atoms with van der Waals surface area (Å²) in [7, 11) is 3.33. The van der Waals surface area contributed by atoms with Crippen LogP contribution in [0.25, 0.3) is 11.1 Å². The summed E-state index contributed by atoms with van der Waals surface area (Å²) in [5.74, 6) is 0.0498. The molecule has 1 atom stereocenters. The van der Waals surface area contributed by atoms with Gasteiger partial charge in [0.05, 0.1) is 29.7 Å². The lowest BCUT2D eigenvalue weighted by molar-refractivity contribution is -0.384. The summed E-state index contributed by atoms with van der Waals surface area (Å²) in [6, 6.07) is 11.4. The van der Waals surface area contributed by atoms with E-state index in [1.165, 1.54) is 22.8 Å². The Bertz CT molecular complexity index is 1130. The van der Waals surface area contributed by atoms with E-state index < -0.39 is 10.7 Å². The summed E-state index contributed by atoms with van der Waals surface area (Å²) in [4.78, 5) is 36.7. The van der Waals surface area contributed by atoms with Gasteiger partial charge >= 0.3 is 5.76 Å². The molecule has 0 radical (unpaired) electrons. The van der Waals surface area contributed by atoms with Gasteiger partial charge in [-0.25, -0.2) is 4.79 Å². The Morgan fingerprint density at radius 2 is 2.03 bits per heavy atom. The molecule has 3 aromatic rings. The molecule has 2 aromatic carbocycles. The number of oxazole rings is 1. The van der Waals surface area contributed by atoms with Gasteiger partial charge in [0.25, 0.3) is 5.69 Å². The third-order valence-corrected chi connectivity index (χ3v) is 5.20. The van der Waals surface area contributed by atoms with Crippen LogP contribution in [0, 0.1) is 10.1 Å². The van der Waals surface area contributed by atoms with Crippen LogP contribution < -0.4 is 10.5 Å². The van der Waals surface area contributed by atoms with Gasteiger partial charge in [-0.3, -0.25) is 19.5 Å². The first-order valence-electron chi connectivity index (χ1n) is 9.50. The molecule has 0 N–H and O–H groups in total. The lowest BCUT2D eigenvalue weighted by Crippen LogP contribution is -2.30. The van der Waals surface area contributed by atoms with E-state index in [-0.39, 0.29) is 36.2 Å². The molecule has 0 aliphatic heterocycles. The van der Waals surface area contributed by atoms with E-state index in [4.69, 9.17) is 9.15 Å². The smallest absolute Gasteiger partial charge is 0.419 e. The lowest BCUT2D eigenvalue weighted by Gasteiger charge is -2.26. The third-order valence-electron chi connectivity index (χ3n) is 5.20. The molecule has 1 unspecified atom stereocenters. The van der Waals surface area contributed by atoms with Crippen LogP contribution in [0.1, 0.15) is 31.4 Å². The average molecular weight is 413 g/mol. The first-order chi connectivity index (χ1) is 14.3. The Morgan fingerprint density at radius 1 is 1.30 bits per heavy atom. The molecule has 1 aromatic heterocycles. The zero-order valence-corrected chi connectivity index (χ0v) is 17.0. The minimum absolute atomic E-state index is 0.0649. The van der Waals surface area contributed by atoms with Gasteiger partial charge in [0.2, 0.25) is 5.91 Å². The fourth-order valence-electron chi connectivity index (χ4n) is 3.38. The number of para-hydroxylation sites is 1. The highest BCUT2D eigenvalue weighted by atomic mass is 16.6. The molecule has 0 aliphatic carbocycles. The second-order valence-corrected chi connectivity index (χ2v) is 6.95. The maximum atomic E-state index is 12.7. The average Bonchev–Trinajstić information content (AvgIpc) is 3.06. The third kappa shape index (κ3) is 4.19. The minimum atomic E-state index is -0.603. The number of hydrogen-bond donors (Lipinski definition) is 0. The second kappa shape index (κ2) is 8.81. The van der Waals surface area contributed by atoms with E-state index in [0.717, 1.165) is 11.3 Å². The second-order valence-electron chi connectivity index (χ2n) is 6.95. The summed E-state index contributed by atoms with van der Waals surface area (Å²) in [5, 5.41) is 10.9. The first kappa shape index (κ1) is 21.1. The Labute approximate surface area is 172 Å². The fourth-order valence-corrected chi connectivity index (χ4v) is 3.38. The molecule has 0 bridgehead atoms. The molecule has 30 heavy (non-hydrogen) atoms. The molecule has 0 spiro atoms. The molecule has 0 fully saturated rings. The van der Waals surface area contributed by atoms with Gasteiger partial charge in [-0.05, 0) is 25.5 Å². The summed E-state index contributed by atoms with van der Waals surface area (Å²) in [5.41, 5.74) is 1.39. The molecule has 9 nitrogen and oxygen atoms in total. The number of nitro groups is 1. The maximum Gasteiger partial charge on any atom is 0.419 e. The van der Waals surface area contributed by atoms with Gasteiger partial charge in [0.15, 0.2) is 5.58 Å². The predicted molar refractivity (Wildman–Crippen MR) is 111 cm³/mol. The molecule has 1 amide bonds. The fraction of sp³-hybridized carbons (Fsp3) is 0.333. The number of hydrogen-bond acceptors (Lipinski definition) is 6. The standard InChI is InChI=1S/C21H23N3O6/c1-14(16-7-4-5-8-18(16)29-3)22(2)20(25)9-6-12-23-17-11-10-15(24(27)28)13-19(17)30-21(23)26/h4-5,7-8,10-11,13-14H,6,9,12H2,1-3H3. The highest BCUT2D eigenvalue weighted by Gasteiger charge is 2.20. The molecular formula is C21H23N3O6. The molecule has 0 saturated heterocycles. The van der Waals surface area contributed by atoms with E-state index in [9.17, 15) is 19.7 Å². The van der Waals surface area contributed by atoms with Gasteiger partial charge in [-0.1, -0.05) is 18.2 Å². The number of carbonyl (C=O) groups excluding carboxylic acids is 1. The number of non-ortho nitro benzene ring substituents is 1. The molecule has 0 aliphatic rings. The van der Waals surface area contributed by atoms with Crippen molar-refractivity contribution in [2.75, 3.05) is 14.2 Å². The van der Waals surface area contributed by atoms with Crippen LogP contribution in [0.5, 0.6) is 5.75 Å². The van der Waals surface area contributed by atoms with Gasteiger partial charge in [-0.2, -0.15) is 0 Å². The largest absolute Gasteiger partial charge is 0.496 e. The van der Waals surface area contributed by atoms with Crippen LogP contribution in [-0.2, 0) is 11.3 Å². The maximum absolute atomic E-state index is 12.7. The summed E-state index contributed by atoms with van der Waals surface area (Å²) < 4.78 is 11.9. The monoisotopic (exact) mass is 413 g/mol. The molecule has 0 saturated carbocycles. The van der Waals surface area contributed by atoms with Gasteiger partial charge < -0.3 is 14.1 Å². The van der Waals surface area contributed by atoms with Crippen LogP contribution >= 0.6 is 0 Å². The SMILES string of the molecule is COc1ccccc1C(C)N(C)C(=O)CCCn1c(=O)oc2cc([N+](=O)[O-])ccc21. The van der Waals surface area contributed by atoms with Gasteiger partial charge in [-0.15, -0.1) is 0 Å². The van der Waals surface area contributed by atoms with Crippen molar-refractivity contribution < 1.29 is 18.9 Å². The van der Waals surface area contributed by atoms with E-state index in [0.29, 0.717) is 11.9 Å². The van der Waals surface area contributed by atoms with Crippen molar-refractivity contribution in [2.24, 2.45) is 0 Å². The highest BCUT2D eigenvalue weighted by Crippen LogP contribution is 2.28. The number of nitro benzene ring substituents is 1. The Morgan fingerprint density at radius 3 is 2.73 bits per heavy atom. The zero-order chi connectivity index (χ0) is 21.8. The van der Waals surface area contributed by atoms with Crippen LogP contribution in [0.3, 0.4) is 0 Å². The molecule has 3 rings (SSSR count). The van der Waals surface area contributed by atoms with Gasteiger partial charge in [0, 0.05) is 31.6 Å². The number of fused-ring (bicyclic) bond motifs is 1. The topological polar surface area (TPSA) is 108 Å². The zero-order valence-electron chi connectivity index (χ0n) is 17.0. The van der Waals surface area contributed by atoms with E-state index in [2.05, 4.69) is 0 Å². The van der Waals surface area contributed by atoms with Crippen molar-refractivity contribution in [3.8, 4) is 5.75 Å². The highest BCUT2D eigenvalue weighted by molar-refractivity contribution is 5.77. The normalized spacial score (nSPS) is 12.0. The van der Waals surface area contributed by atoms with E-state index >= 15 is 0 Å². The first-order valence-corrected chi connectivity index (χ1v) is 9.50. The number of carbonyl (C=O) groups is 1. The van der Waals surface area contributed by atoms with E-state index in [1.54, 1.807) is 19.1 Å². The number of benzene rings is 2. The van der Waals surface area contributed by atoms with Crippen LogP contribution in [-0.4, -0.2) is 34.5 Å². The molecular weight excluding hydrogens is 390 g/mol. The number of amides is 1. The molecule has 9 heteroatoms. The molecule has 1 heterocycles. The molecule has 158 valence electrons. The van der Waals surface area contributed by atoms with Crippen molar-refractivity contribution in [2.45, 2.75) is 32.4 Å². The quantitative estimate of drug-likeness (QED) is 0.413. The lowest BCUT2D eigenvalue weighted by atomic mass is 10.1. The predicted octanol–water partition coefficient (Wildman–Crippen LogP) is 3.51. The number of aromatic nitrogens is 1. The summed E-state index contributed by atoms with van der Waals surface area (Å²) >= 11 is 0. The van der Waals surface area contributed by atoms with Crippen molar-refractivity contribution in [3.63, 3.8) is 0 Å². The summed E-state index contributed by atoms with van der Waals surface area (Å²) in [6.07, 6.45) is 0.662. The van der Waals surface area contributed by atoms with E-state index in [1.807, 2.05) is 31.2 Å². The van der Waals surface area contributed by atoms with Crippen molar-refractivity contribution in [1.82, 2.24) is 9.47 Å². The van der Waals surface area contributed by atoms with Crippen LogP contribution in [0.4, 0.5) is 5.69 Å². The number of aryl methyl sites for hydroxylation is 1. The Hall–Kier alpha value is -3.62. The number of ether oxygens (including phenoxy) is 1. The minimum Gasteiger partial charge on any atom is -0.496 e. The number of rotatable bonds is 8. The number of nitrogens with zero attached hydrogens (tertiary/aromatic N) is 3.